The topological polar surface area (TPSA) is 41.1 Å². The fourth-order valence-electron chi connectivity index (χ4n) is 3.60. The summed E-state index contributed by atoms with van der Waals surface area (Å²) in [5.74, 6) is 0.635. The molecule has 2 aromatic carbocycles. The summed E-state index contributed by atoms with van der Waals surface area (Å²) in [5, 5.41) is 8.81. The van der Waals surface area contributed by atoms with Crippen molar-refractivity contribution < 1.29 is 4.79 Å². The molecular weight excluding hydrogens is 248 g/mol. The predicted octanol–water partition coefficient (Wildman–Crippen LogP) is 3.26. The number of carbonyl (C=O) groups excluding carboxylic acids is 1. The second-order valence-corrected chi connectivity index (χ2v) is 5.76. The first-order valence-corrected chi connectivity index (χ1v) is 7.42. The van der Waals surface area contributed by atoms with E-state index >= 15 is 0 Å². The molecule has 102 valence electrons. The van der Waals surface area contributed by atoms with Crippen LogP contribution in [0.15, 0.2) is 30.3 Å². The third kappa shape index (κ3) is 1.74. The Kier molecular flexibility index (Phi) is 2.74. The van der Waals surface area contributed by atoms with E-state index in [2.05, 4.69) is 22.8 Å². The molecule has 3 nitrogen and oxygen atoms in total. The monoisotopic (exact) mass is 266 g/mol. The molecule has 0 saturated carbocycles. The zero-order chi connectivity index (χ0) is 13.5. The average Bonchev–Trinajstić information content (AvgIpc) is 2.67. The molecular formula is C17H18N2O. The number of nitrogens with one attached hydrogen (secondary N) is 2. The van der Waals surface area contributed by atoms with Crippen LogP contribution < -0.4 is 10.6 Å². The highest BCUT2D eigenvalue weighted by Crippen LogP contribution is 2.39. The van der Waals surface area contributed by atoms with Crippen molar-refractivity contribution in [2.45, 2.75) is 25.2 Å². The average molecular weight is 266 g/mol. The molecule has 2 N–H and O–H groups in total. The van der Waals surface area contributed by atoms with Crippen molar-refractivity contribution in [2.24, 2.45) is 0 Å². The Morgan fingerprint density at radius 2 is 2.00 bits per heavy atom. The van der Waals surface area contributed by atoms with Crippen LogP contribution in [0.5, 0.6) is 0 Å². The van der Waals surface area contributed by atoms with Crippen LogP contribution in [0.1, 0.15) is 41.1 Å². The van der Waals surface area contributed by atoms with E-state index < -0.39 is 0 Å². The summed E-state index contributed by atoms with van der Waals surface area (Å²) in [6, 6.07) is 10.4. The third-order valence-corrected chi connectivity index (χ3v) is 4.58. The molecule has 0 spiro atoms. The lowest BCUT2D eigenvalue weighted by Gasteiger charge is -2.17. The molecule has 1 atom stereocenters. The SMILES string of the molecule is O=C1Nc2cccc3c([C@@H]4CCCNCC4)ccc1c23. The molecule has 20 heavy (non-hydrogen) atoms. The molecule has 4 rings (SSSR count). The third-order valence-electron chi connectivity index (χ3n) is 4.58. The smallest absolute Gasteiger partial charge is 0.256 e. The zero-order valence-corrected chi connectivity index (χ0v) is 11.4. The van der Waals surface area contributed by atoms with E-state index in [-0.39, 0.29) is 5.91 Å². The summed E-state index contributed by atoms with van der Waals surface area (Å²) in [6.45, 7) is 2.21. The van der Waals surface area contributed by atoms with Gasteiger partial charge in [0.05, 0.1) is 0 Å². The van der Waals surface area contributed by atoms with Gasteiger partial charge in [-0.1, -0.05) is 18.2 Å². The van der Waals surface area contributed by atoms with Gasteiger partial charge in [-0.3, -0.25) is 4.79 Å². The molecule has 2 aromatic rings. The van der Waals surface area contributed by atoms with Gasteiger partial charge in [0.1, 0.15) is 0 Å². The van der Waals surface area contributed by atoms with Crippen LogP contribution >= 0.6 is 0 Å². The Balaban J connectivity index is 1.89. The number of rotatable bonds is 1. The van der Waals surface area contributed by atoms with Crippen LogP contribution in [0.2, 0.25) is 0 Å². The standard InChI is InChI=1S/C17H18N2O/c20-17-14-7-6-12(11-3-2-9-18-10-8-11)13-4-1-5-15(19-17)16(13)14/h1,4-7,11,18H,2-3,8-10H2,(H,19,20)/t11-/m1/s1. The van der Waals surface area contributed by atoms with Crippen LogP contribution in [-0.4, -0.2) is 19.0 Å². The van der Waals surface area contributed by atoms with Crippen LogP contribution in [-0.2, 0) is 0 Å². The lowest BCUT2D eigenvalue weighted by molar-refractivity contribution is 0.103. The van der Waals surface area contributed by atoms with Crippen molar-refractivity contribution in [1.82, 2.24) is 5.32 Å². The first-order chi connectivity index (χ1) is 9.84. The van der Waals surface area contributed by atoms with Crippen molar-refractivity contribution in [3.05, 3.63) is 41.5 Å². The van der Waals surface area contributed by atoms with Crippen molar-refractivity contribution >= 4 is 22.4 Å². The zero-order valence-electron chi connectivity index (χ0n) is 11.4. The van der Waals surface area contributed by atoms with Gasteiger partial charge in [0.2, 0.25) is 0 Å². The highest BCUT2D eigenvalue weighted by Gasteiger charge is 2.24. The first kappa shape index (κ1) is 11.9. The maximum atomic E-state index is 12.0. The molecule has 1 fully saturated rings. The molecule has 2 heterocycles. The van der Waals surface area contributed by atoms with Gasteiger partial charge in [0.25, 0.3) is 5.91 Å². The van der Waals surface area contributed by atoms with E-state index in [0.717, 1.165) is 29.7 Å². The quantitative estimate of drug-likeness (QED) is 0.831. The van der Waals surface area contributed by atoms with E-state index in [1.54, 1.807) is 0 Å². The molecule has 1 amide bonds. The molecule has 3 heteroatoms. The van der Waals surface area contributed by atoms with Crippen molar-refractivity contribution in [1.29, 1.82) is 0 Å². The van der Waals surface area contributed by atoms with Crippen LogP contribution in [0.4, 0.5) is 5.69 Å². The summed E-state index contributed by atoms with van der Waals surface area (Å²) in [5.41, 5.74) is 3.20. The van der Waals surface area contributed by atoms with Crippen LogP contribution in [0.25, 0.3) is 10.8 Å². The van der Waals surface area contributed by atoms with Gasteiger partial charge in [0, 0.05) is 16.6 Å². The first-order valence-electron chi connectivity index (χ1n) is 7.42. The lowest BCUT2D eigenvalue weighted by atomic mass is 9.87. The molecule has 0 aliphatic carbocycles. The Morgan fingerprint density at radius 1 is 1.05 bits per heavy atom. The van der Waals surface area contributed by atoms with Gasteiger partial charge in [-0.2, -0.15) is 0 Å². The van der Waals surface area contributed by atoms with E-state index in [9.17, 15) is 4.79 Å². The Bertz CT molecular complexity index is 685. The summed E-state index contributed by atoms with van der Waals surface area (Å²) < 4.78 is 0. The second-order valence-electron chi connectivity index (χ2n) is 5.76. The van der Waals surface area contributed by atoms with Gasteiger partial charge in [0.15, 0.2) is 0 Å². The molecule has 2 aliphatic rings. The maximum Gasteiger partial charge on any atom is 0.256 e. The highest BCUT2D eigenvalue weighted by atomic mass is 16.1. The van der Waals surface area contributed by atoms with Gasteiger partial charge in [-0.25, -0.2) is 0 Å². The van der Waals surface area contributed by atoms with Gasteiger partial charge in [-0.05, 0) is 61.4 Å². The number of hydrogen-bond acceptors (Lipinski definition) is 2. The number of amides is 1. The fourth-order valence-corrected chi connectivity index (χ4v) is 3.60. The van der Waals surface area contributed by atoms with E-state index in [1.807, 2.05) is 18.2 Å². The second kappa shape index (κ2) is 4.60. The van der Waals surface area contributed by atoms with Gasteiger partial charge in [-0.15, -0.1) is 0 Å². The van der Waals surface area contributed by atoms with Crippen molar-refractivity contribution in [3.63, 3.8) is 0 Å². The Labute approximate surface area is 118 Å². The minimum Gasteiger partial charge on any atom is -0.321 e. The van der Waals surface area contributed by atoms with Gasteiger partial charge >= 0.3 is 0 Å². The molecule has 0 unspecified atom stereocenters. The summed E-state index contributed by atoms with van der Waals surface area (Å²) in [6.07, 6.45) is 3.64. The van der Waals surface area contributed by atoms with Crippen molar-refractivity contribution in [3.8, 4) is 0 Å². The summed E-state index contributed by atoms with van der Waals surface area (Å²) in [7, 11) is 0. The molecule has 0 bridgehead atoms. The summed E-state index contributed by atoms with van der Waals surface area (Å²) >= 11 is 0. The largest absolute Gasteiger partial charge is 0.321 e. The highest BCUT2D eigenvalue weighted by molar-refractivity contribution is 6.24. The predicted molar refractivity (Wildman–Crippen MR) is 81.4 cm³/mol. The number of hydrogen-bond donors (Lipinski definition) is 2. The minimum atomic E-state index is 0.0327. The minimum absolute atomic E-state index is 0.0327. The van der Waals surface area contributed by atoms with Crippen LogP contribution in [0, 0.1) is 0 Å². The van der Waals surface area contributed by atoms with Gasteiger partial charge < -0.3 is 10.6 Å². The Hall–Kier alpha value is -1.87. The molecule has 0 radical (unpaired) electrons. The Morgan fingerprint density at radius 3 is 2.95 bits per heavy atom. The normalized spacial score (nSPS) is 21.8. The molecule has 1 saturated heterocycles. The van der Waals surface area contributed by atoms with E-state index in [4.69, 9.17) is 0 Å². The molecule has 0 aromatic heterocycles. The van der Waals surface area contributed by atoms with E-state index in [0.29, 0.717) is 5.92 Å². The van der Waals surface area contributed by atoms with E-state index in [1.165, 1.54) is 30.2 Å². The number of benzene rings is 2. The number of carbonyl (C=O) groups is 1. The van der Waals surface area contributed by atoms with Crippen molar-refractivity contribution in [2.75, 3.05) is 18.4 Å². The fraction of sp³-hybridized carbons (Fsp3) is 0.353. The maximum absolute atomic E-state index is 12.0. The number of anilines is 1. The summed E-state index contributed by atoms with van der Waals surface area (Å²) in [4.78, 5) is 12.0. The van der Waals surface area contributed by atoms with Crippen LogP contribution in [0.3, 0.4) is 0 Å². The molecule has 2 aliphatic heterocycles. The lowest BCUT2D eigenvalue weighted by Crippen LogP contribution is -2.13.